The molecule has 0 radical (unpaired) electrons. The Labute approximate surface area is 193 Å². The zero-order valence-corrected chi connectivity index (χ0v) is 20.1. The maximum atomic E-state index is 4.90. The molecule has 3 N–H and O–H groups in total. The summed E-state index contributed by atoms with van der Waals surface area (Å²) in [4.78, 5) is 9.54. The van der Waals surface area contributed by atoms with Gasteiger partial charge in [-0.2, -0.15) is 0 Å². The van der Waals surface area contributed by atoms with Gasteiger partial charge in [0.15, 0.2) is 0 Å². The van der Waals surface area contributed by atoms with E-state index in [0.29, 0.717) is 0 Å². The van der Waals surface area contributed by atoms with Crippen molar-refractivity contribution in [3.05, 3.63) is 81.5 Å². The normalized spacial score (nSPS) is 10.5. The van der Waals surface area contributed by atoms with E-state index in [4.69, 9.17) is 4.98 Å². The molecule has 0 aliphatic rings. The molecule has 28 heavy (non-hydrogen) atoms. The molecule has 2 aromatic heterocycles. The molecule has 3 nitrogen and oxygen atoms in total. The number of benzene rings is 2. The minimum absolute atomic E-state index is 0. The Bertz CT molecular complexity index is 1160. The topological polar surface area (TPSA) is 60.8 Å². The first kappa shape index (κ1) is 23.0. The smallest absolute Gasteiger partial charge is 0.147 e. The molecule has 0 spiro atoms. The van der Waals surface area contributed by atoms with Crippen molar-refractivity contribution in [3.8, 4) is 0 Å². The van der Waals surface area contributed by atoms with Crippen molar-refractivity contribution in [1.29, 1.82) is 0 Å². The summed E-state index contributed by atoms with van der Waals surface area (Å²) in [5.41, 5.74) is 3.97. The van der Waals surface area contributed by atoms with E-state index in [0.717, 1.165) is 56.0 Å². The van der Waals surface area contributed by atoms with Crippen molar-refractivity contribution in [3.63, 3.8) is 0 Å². The monoisotopic (exact) mass is 561 g/mol. The number of fused-ring (bicyclic) bond motifs is 3. The van der Waals surface area contributed by atoms with Gasteiger partial charge in [0.1, 0.15) is 0 Å². The van der Waals surface area contributed by atoms with Crippen LogP contribution < -0.4 is 10.6 Å². The van der Waals surface area contributed by atoms with E-state index < -0.39 is 0 Å². The molecule has 0 aliphatic carbocycles. The van der Waals surface area contributed by atoms with E-state index >= 15 is 0 Å². The van der Waals surface area contributed by atoms with Crippen LogP contribution in [0.3, 0.4) is 0 Å². The van der Waals surface area contributed by atoms with E-state index in [-0.39, 0.29) is 18.6 Å². The van der Waals surface area contributed by atoms with Crippen molar-refractivity contribution >= 4 is 75.0 Å². The third-order valence-electron chi connectivity index (χ3n) is 4.08. The molecule has 2 aromatic carbocycles. The van der Waals surface area contributed by atoms with Crippen LogP contribution in [0.15, 0.2) is 70.3 Å². The quantitative estimate of drug-likeness (QED) is 0.174. The molecule has 0 unspecified atom stereocenters. The van der Waals surface area contributed by atoms with Gasteiger partial charge in [-0.15, -0.1) is 12.4 Å². The number of hydrogen-bond donors (Lipinski definition) is 1. The Morgan fingerprint density at radius 1 is 0.893 bits per heavy atom. The average Bonchev–Trinajstić information content (AvgIpc) is 2.64. The Morgan fingerprint density at radius 2 is 1.50 bits per heavy atom. The summed E-state index contributed by atoms with van der Waals surface area (Å²) >= 11 is 7.87. The molecule has 7 heteroatoms. The predicted molar refractivity (Wildman–Crippen MR) is 125 cm³/mol. The van der Waals surface area contributed by atoms with Gasteiger partial charge >= 0.3 is 176 Å². The third kappa shape index (κ3) is 4.48. The second-order valence-electron chi connectivity index (χ2n) is 5.88. The van der Waals surface area contributed by atoms with Gasteiger partial charge in [0.2, 0.25) is 0 Å². The molecule has 0 atom stereocenters. The fourth-order valence-electron chi connectivity index (χ4n) is 2.76. The summed E-state index contributed by atoms with van der Waals surface area (Å²) in [6.07, 6.45) is 0. The number of nitrogens with zero attached hydrogens (tertiary/aromatic N) is 2. The molecule has 4 rings (SSSR count). The van der Waals surface area contributed by atoms with Crippen LogP contribution in [0.2, 0.25) is 0 Å². The second kappa shape index (κ2) is 9.49. The molecular weight excluding hydrogens is 545 g/mol. The number of aromatic nitrogens is 2. The van der Waals surface area contributed by atoms with Crippen LogP contribution in [-0.4, -0.2) is 9.97 Å². The Hall–Kier alpha value is -1.27. The first-order chi connectivity index (χ1) is 12.5. The Balaban J connectivity index is 0.00000140. The van der Waals surface area contributed by atoms with Gasteiger partial charge in [0.25, 0.3) is 0 Å². The van der Waals surface area contributed by atoms with Crippen LogP contribution in [0, 0.1) is 6.92 Å². The maximum absolute atomic E-state index is 4.90. The van der Waals surface area contributed by atoms with Crippen molar-refractivity contribution in [2.24, 2.45) is 0 Å². The minimum atomic E-state index is 0. The zero-order chi connectivity index (χ0) is 18.3. The number of aryl methyl sites for hydroxylation is 1. The molecule has 0 saturated heterocycles. The van der Waals surface area contributed by atoms with Crippen LogP contribution >= 0.6 is 44.3 Å². The maximum Gasteiger partial charge on any atom is -0.147 e. The van der Waals surface area contributed by atoms with Crippen molar-refractivity contribution in [2.75, 3.05) is 0 Å². The molecule has 2 heterocycles. The van der Waals surface area contributed by atoms with E-state index in [1.54, 1.807) is 0 Å². The van der Waals surface area contributed by atoms with E-state index in [2.05, 4.69) is 92.8 Å². The number of rotatable bonds is 3. The fraction of sp³-hybridized carbons (Fsp3) is 0.0476. The fourth-order valence-corrected chi connectivity index (χ4v) is 4.99. The van der Waals surface area contributed by atoms with Gasteiger partial charge in [0, 0.05) is 0 Å². The summed E-state index contributed by atoms with van der Waals surface area (Å²) in [6.45, 7) is 6.42. The van der Waals surface area contributed by atoms with Gasteiger partial charge < -0.3 is 6.15 Å². The molecule has 0 aliphatic heterocycles. The molecule has 0 bridgehead atoms. The zero-order valence-electron chi connectivity index (χ0n) is 15.0. The first-order valence-electron chi connectivity index (χ1n) is 7.96. The summed E-state index contributed by atoms with van der Waals surface area (Å²) in [5, 5.41) is 2.16. The average molecular weight is 564 g/mol. The van der Waals surface area contributed by atoms with Crippen LogP contribution in [0.1, 0.15) is 11.3 Å². The van der Waals surface area contributed by atoms with Crippen molar-refractivity contribution in [1.82, 2.24) is 16.1 Å². The summed E-state index contributed by atoms with van der Waals surface area (Å²) in [5.74, 6) is 0. The first-order valence-corrected chi connectivity index (χ1v) is 10.6. The summed E-state index contributed by atoms with van der Waals surface area (Å²) in [6, 6.07) is 18.6. The van der Waals surface area contributed by atoms with E-state index in [1.807, 2.05) is 12.1 Å². The molecule has 0 saturated carbocycles. The molecule has 0 fully saturated rings. The van der Waals surface area contributed by atoms with E-state index in [9.17, 15) is 0 Å². The molecule has 0 amide bonds. The van der Waals surface area contributed by atoms with Crippen molar-refractivity contribution in [2.45, 2.75) is 6.92 Å². The Kier molecular flexibility index (Phi) is 7.80. The summed E-state index contributed by atoms with van der Waals surface area (Å²) < 4.78 is 4.16. The van der Waals surface area contributed by atoms with Gasteiger partial charge in [-0.05, 0) is 0 Å². The van der Waals surface area contributed by atoms with Crippen LogP contribution in [-0.2, 0) is 15.0 Å². The van der Waals surface area contributed by atoms with Gasteiger partial charge in [0.05, 0.1) is 0 Å². The molecule has 146 valence electrons. The number of pyridine rings is 2. The second-order valence-corrected chi connectivity index (χ2v) is 9.04. The predicted octanol–water partition coefficient (Wildman–Crippen LogP) is 6.58. The van der Waals surface area contributed by atoms with Crippen LogP contribution in [0.25, 0.3) is 26.3 Å². The SMILES string of the molecule is C=[C]([Fe][c]1c(C)cccc1Br)c1ccc2ccc3ccc(Br)nc3c2n1.Cl.N. The standard InChI is InChI=1S/C14H8BrN2.C7H6Br.ClH.Fe.H3N/c1-2-11-7-5-9-3-4-10-6-8-12(15)17-14(10)13(9)16-11;1-6-3-2-4-7(8)5-6;;;/h3-8H,1H2;2-4H,1H3;1H;;1H3. The minimum Gasteiger partial charge on any atom is -0.344 e. The van der Waals surface area contributed by atoms with Crippen LogP contribution in [0.4, 0.5) is 0 Å². The van der Waals surface area contributed by atoms with E-state index in [1.165, 1.54) is 10.0 Å². The number of halogens is 3. The Morgan fingerprint density at radius 3 is 2.18 bits per heavy atom. The summed E-state index contributed by atoms with van der Waals surface area (Å²) in [7, 11) is 0. The van der Waals surface area contributed by atoms with Gasteiger partial charge in [-0.3, -0.25) is 0 Å². The van der Waals surface area contributed by atoms with Gasteiger partial charge in [-0.1, -0.05) is 0 Å². The third-order valence-corrected chi connectivity index (χ3v) is 7.16. The molecule has 4 aromatic rings. The van der Waals surface area contributed by atoms with Crippen LogP contribution in [0.5, 0.6) is 0 Å². The molecular formula is C21H18Br2ClFeN3. The number of hydrogen-bond acceptors (Lipinski definition) is 3. The largest absolute Gasteiger partial charge is 0.344 e. The van der Waals surface area contributed by atoms with Crippen molar-refractivity contribution < 1.29 is 15.0 Å². The van der Waals surface area contributed by atoms with Gasteiger partial charge in [-0.25, -0.2) is 0 Å².